The minimum absolute atomic E-state index is 0.0535. The number of halogens is 3. The zero-order valence-corrected chi connectivity index (χ0v) is 14.5. The van der Waals surface area contributed by atoms with Gasteiger partial charge in [0.15, 0.2) is 5.82 Å². The molecule has 0 aliphatic rings. The Balaban J connectivity index is 1.82. The highest BCUT2D eigenvalue weighted by atomic mass is 32.1. The van der Waals surface area contributed by atoms with E-state index in [-0.39, 0.29) is 18.1 Å². The molecule has 0 aliphatic heterocycles. The van der Waals surface area contributed by atoms with Crippen LogP contribution in [0.25, 0.3) is 5.82 Å². The number of nitrogens with one attached hydrogen (secondary N) is 1. The van der Waals surface area contributed by atoms with Crippen molar-refractivity contribution in [1.82, 2.24) is 25.0 Å². The third-order valence-corrected chi connectivity index (χ3v) is 4.28. The van der Waals surface area contributed by atoms with Gasteiger partial charge in [-0.1, -0.05) is 11.3 Å². The first-order chi connectivity index (χ1) is 12.3. The molecule has 136 valence electrons. The van der Waals surface area contributed by atoms with Gasteiger partial charge in [-0.15, -0.1) is 10.2 Å². The molecular weight excluding hydrogens is 369 g/mol. The Morgan fingerprint density at radius 3 is 2.65 bits per heavy atom. The van der Waals surface area contributed by atoms with E-state index >= 15 is 0 Å². The Bertz CT molecular complexity index is 918. The van der Waals surface area contributed by atoms with Gasteiger partial charge in [0.1, 0.15) is 5.51 Å². The second-order valence-electron chi connectivity index (χ2n) is 5.43. The second kappa shape index (κ2) is 6.83. The minimum atomic E-state index is -4.45. The van der Waals surface area contributed by atoms with Crippen LogP contribution in [0.5, 0.6) is 0 Å². The van der Waals surface area contributed by atoms with Crippen molar-refractivity contribution in [3.05, 3.63) is 46.4 Å². The summed E-state index contributed by atoms with van der Waals surface area (Å²) in [6.45, 7) is 3.45. The van der Waals surface area contributed by atoms with Crippen molar-refractivity contribution in [3.8, 4) is 5.82 Å². The standard InChI is InChI=1S/C15H13F3N6OS/c1-8-11(5-13(25)21-14-22-20-7-26-14)9(2)24(23-8)12-4-3-10(6-19-12)15(16,17)18/h3-4,6-7H,5H2,1-2H3,(H,21,22,25). The summed E-state index contributed by atoms with van der Waals surface area (Å²) in [5.41, 5.74) is 2.56. The van der Waals surface area contributed by atoms with Crippen molar-refractivity contribution >= 4 is 22.4 Å². The van der Waals surface area contributed by atoms with Crippen LogP contribution in [0.15, 0.2) is 23.8 Å². The minimum Gasteiger partial charge on any atom is -0.300 e. The third-order valence-electron chi connectivity index (χ3n) is 3.68. The molecular formula is C15H13F3N6OS. The van der Waals surface area contributed by atoms with Crippen LogP contribution in [0.1, 0.15) is 22.5 Å². The predicted octanol–water partition coefficient (Wildman–Crippen LogP) is 2.94. The van der Waals surface area contributed by atoms with Crippen molar-refractivity contribution in [3.63, 3.8) is 0 Å². The van der Waals surface area contributed by atoms with Crippen LogP contribution < -0.4 is 5.32 Å². The van der Waals surface area contributed by atoms with Gasteiger partial charge in [0.2, 0.25) is 11.0 Å². The summed E-state index contributed by atoms with van der Waals surface area (Å²) in [7, 11) is 0. The predicted molar refractivity (Wildman–Crippen MR) is 88.1 cm³/mol. The molecule has 3 aromatic rings. The van der Waals surface area contributed by atoms with Crippen molar-refractivity contribution < 1.29 is 18.0 Å². The molecule has 0 atom stereocenters. The van der Waals surface area contributed by atoms with Gasteiger partial charge in [-0.25, -0.2) is 9.67 Å². The fourth-order valence-corrected chi connectivity index (χ4v) is 2.85. The van der Waals surface area contributed by atoms with Crippen LogP contribution in [0, 0.1) is 13.8 Å². The molecule has 3 aromatic heterocycles. The lowest BCUT2D eigenvalue weighted by Gasteiger charge is -2.08. The van der Waals surface area contributed by atoms with Gasteiger partial charge in [0, 0.05) is 17.5 Å². The highest BCUT2D eigenvalue weighted by Gasteiger charge is 2.30. The van der Waals surface area contributed by atoms with Gasteiger partial charge in [-0.05, 0) is 26.0 Å². The summed E-state index contributed by atoms with van der Waals surface area (Å²) < 4.78 is 39.4. The Kier molecular flexibility index (Phi) is 4.72. The first-order valence-corrected chi connectivity index (χ1v) is 8.28. The van der Waals surface area contributed by atoms with Gasteiger partial charge in [0.05, 0.1) is 17.7 Å². The molecule has 0 aromatic carbocycles. The number of pyridine rings is 1. The topological polar surface area (TPSA) is 85.6 Å². The Hall–Kier alpha value is -2.82. The monoisotopic (exact) mass is 382 g/mol. The maximum Gasteiger partial charge on any atom is 0.417 e. The normalized spacial score (nSPS) is 11.6. The zero-order chi connectivity index (χ0) is 18.9. The quantitative estimate of drug-likeness (QED) is 0.750. The molecule has 11 heteroatoms. The number of aryl methyl sites for hydroxylation is 1. The fourth-order valence-electron chi connectivity index (χ4n) is 2.38. The van der Waals surface area contributed by atoms with Crippen molar-refractivity contribution in [2.45, 2.75) is 26.4 Å². The van der Waals surface area contributed by atoms with E-state index in [0.29, 0.717) is 22.1 Å². The molecule has 1 amide bonds. The molecule has 0 unspecified atom stereocenters. The number of carbonyl (C=O) groups is 1. The Morgan fingerprint density at radius 1 is 1.31 bits per heavy atom. The SMILES string of the molecule is Cc1nn(-c2ccc(C(F)(F)F)cn2)c(C)c1CC(=O)Nc1nncs1. The van der Waals surface area contributed by atoms with Gasteiger partial charge < -0.3 is 5.32 Å². The van der Waals surface area contributed by atoms with E-state index in [1.54, 1.807) is 13.8 Å². The number of anilines is 1. The smallest absolute Gasteiger partial charge is 0.300 e. The molecule has 0 aliphatic carbocycles. The summed E-state index contributed by atoms with van der Waals surface area (Å²) in [5, 5.41) is 14.7. The van der Waals surface area contributed by atoms with Crippen molar-refractivity contribution in [2.75, 3.05) is 5.32 Å². The van der Waals surface area contributed by atoms with Crippen molar-refractivity contribution in [2.24, 2.45) is 0 Å². The molecule has 0 saturated heterocycles. The first kappa shape index (κ1) is 18.0. The number of rotatable bonds is 4. The van der Waals surface area contributed by atoms with E-state index in [0.717, 1.165) is 12.3 Å². The summed E-state index contributed by atoms with van der Waals surface area (Å²) >= 11 is 1.20. The lowest BCUT2D eigenvalue weighted by molar-refractivity contribution is -0.137. The van der Waals surface area contributed by atoms with Crippen LogP contribution in [0.2, 0.25) is 0 Å². The van der Waals surface area contributed by atoms with E-state index in [4.69, 9.17) is 0 Å². The molecule has 7 nitrogen and oxygen atoms in total. The lowest BCUT2D eigenvalue weighted by Crippen LogP contribution is -2.15. The molecule has 0 radical (unpaired) electrons. The van der Waals surface area contributed by atoms with Gasteiger partial charge in [-0.2, -0.15) is 18.3 Å². The molecule has 1 N–H and O–H groups in total. The molecule has 0 saturated carbocycles. The van der Waals surface area contributed by atoms with Gasteiger partial charge in [-0.3, -0.25) is 4.79 Å². The highest BCUT2D eigenvalue weighted by molar-refractivity contribution is 7.13. The zero-order valence-electron chi connectivity index (χ0n) is 13.7. The van der Waals surface area contributed by atoms with E-state index in [2.05, 4.69) is 25.6 Å². The van der Waals surface area contributed by atoms with Crippen LogP contribution in [-0.4, -0.2) is 30.9 Å². The maximum atomic E-state index is 12.7. The van der Waals surface area contributed by atoms with Gasteiger partial charge in [0.25, 0.3) is 0 Å². The number of hydrogen-bond donors (Lipinski definition) is 1. The summed E-state index contributed by atoms with van der Waals surface area (Å²) in [5.74, 6) is -0.0396. The summed E-state index contributed by atoms with van der Waals surface area (Å²) in [4.78, 5) is 16.0. The summed E-state index contributed by atoms with van der Waals surface area (Å²) in [6.07, 6.45) is -3.64. The van der Waals surface area contributed by atoms with E-state index < -0.39 is 11.7 Å². The third kappa shape index (κ3) is 3.72. The first-order valence-electron chi connectivity index (χ1n) is 7.40. The number of nitrogens with zero attached hydrogens (tertiary/aromatic N) is 5. The molecule has 3 rings (SSSR count). The maximum absolute atomic E-state index is 12.7. The highest BCUT2D eigenvalue weighted by Crippen LogP contribution is 2.29. The number of hydrogen-bond acceptors (Lipinski definition) is 6. The number of amides is 1. The van der Waals surface area contributed by atoms with Crippen LogP contribution in [0.3, 0.4) is 0 Å². The average molecular weight is 382 g/mol. The molecule has 3 heterocycles. The average Bonchev–Trinajstić information content (AvgIpc) is 3.17. The molecule has 0 spiro atoms. The second-order valence-corrected chi connectivity index (χ2v) is 6.27. The van der Waals surface area contributed by atoms with E-state index in [9.17, 15) is 18.0 Å². The Labute approximate surface area is 149 Å². The number of alkyl halides is 3. The lowest BCUT2D eigenvalue weighted by atomic mass is 10.1. The largest absolute Gasteiger partial charge is 0.417 e. The van der Waals surface area contributed by atoms with E-state index in [1.807, 2.05) is 0 Å². The van der Waals surface area contributed by atoms with Crippen LogP contribution in [-0.2, 0) is 17.4 Å². The van der Waals surface area contributed by atoms with Gasteiger partial charge >= 0.3 is 6.18 Å². The van der Waals surface area contributed by atoms with Crippen molar-refractivity contribution in [1.29, 1.82) is 0 Å². The van der Waals surface area contributed by atoms with Crippen LogP contribution in [0.4, 0.5) is 18.3 Å². The molecule has 0 bridgehead atoms. The number of aromatic nitrogens is 5. The number of carbonyl (C=O) groups excluding carboxylic acids is 1. The Morgan fingerprint density at radius 2 is 2.08 bits per heavy atom. The molecule has 26 heavy (non-hydrogen) atoms. The fraction of sp³-hybridized carbons (Fsp3) is 0.267. The molecule has 0 fully saturated rings. The summed E-state index contributed by atoms with van der Waals surface area (Å²) in [6, 6.07) is 2.19. The van der Waals surface area contributed by atoms with E-state index in [1.165, 1.54) is 27.6 Å². The van der Waals surface area contributed by atoms with Crippen LogP contribution >= 0.6 is 11.3 Å².